The minimum atomic E-state index is -1.80. The summed E-state index contributed by atoms with van der Waals surface area (Å²) in [6.07, 6.45) is 0. The molecule has 2 aromatic rings. The molecule has 3 heterocycles. The van der Waals surface area contributed by atoms with Gasteiger partial charge in [0.05, 0.1) is 0 Å². The maximum Gasteiger partial charge on any atom is 0.352 e. The highest BCUT2D eigenvalue weighted by molar-refractivity contribution is 8.00. The number of nitrogens with zero attached hydrogens (tertiary/aromatic N) is 3. The Morgan fingerprint density at radius 2 is 1.91 bits per heavy atom. The van der Waals surface area contributed by atoms with Crippen LogP contribution < -0.4 is 16.4 Å². The van der Waals surface area contributed by atoms with E-state index in [-0.39, 0.29) is 51.6 Å². The van der Waals surface area contributed by atoms with Gasteiger partial charge in [0.25, 0.3) is 17.7 Å². The van der Waals surface area contributed by atoms with Crippen molar-refractivity contribution < 1.29 is 49.2 Å². The van der Waals surface area contributed by atoms with E-state index >= 15 is 0 Å². The normalized spacial score (nSPS) is 18.3. The summed E-state index contributed by atoms with van der Waals surface area (Å²) in [5.74, 6) is -6.02. The Hall–Kier alpha value is -4.84. The van der Waals surface area contributed by atoms with Crippen molar-refractivity contribution >= 4 is 63.6 Å². The van der Waals surface area contributed by atoms with E-state index in [1.165, 1.54) is 25.3 Å². The van der Waals surface area contributed by atoms with Crippen LogP contribution in [0.1, 0.15) is 55.2 Å². The van der Waals surface area contributed by atoms with Gasteiger partial charge in [0.15, 0.2) is 22.3 Å². The van der Waals surface area contributed by atoms with Gasteiger partial charge >= 0.3 is 11.9 Å². The van der Waals surface area contributed by atoms with Crippen LogP contribution >= 0.6 is 23.1 Å². The Morgan fingerprint density at radius 3 is 2.49 bits per heavy atom. The summed E-state index contributed by atoms with van der Waals surface area (Å²) in [7, 11) is 0. The number of phenolic OH excluding ortho intramolecular Hbond substituents is 2. The van der Waals surface area contributed by atoms with Crippen molar-refractivity contribution in [3.8, 4) is 11.5 Å². The highest BCUT2D eigenvalue weighted by Crippen LogP contribution is 2.40. The molecule has 1 aromatic heterocycles. The van der Waals surface area contributed by atoms with Crippen LogP contribution in [-0.2, 0) is 24.0 Å². The number of rotatable bonds is 11. The Bertz CT molecular complexity index is 1650. The highest BCUT2D eigenvalue weighted by Gasteiger charge is 2.54. The van der Waals surface area contributed by atoms with E-state index in [1.807, 2.05) is 0 Å². The van der Waals surface area contributed by atoms with Crippen LogP contribution in [0.15, 0.2) is 33.9 Å². The molecule has 2 aliphatic rings. The van der Waals surface area contributed by atoms with Crippen LogP contribution in [0.2, 0.25) is 0 Å². The molecule has 8 N–H and O–H groups in total. The van der Waals surface area contributed by atoms with Gasteiger partial charge in [-0.15, -0.1) is 23.1 Å². The highest BCUT2D eigenvalue weighted by atomic mass is 32.2. The molecule has 0 radical (unpaired) electrons. The number of nitrogens with one attached hydrogen (secondary N) is 2. The first-order chi connectivity index (χ1) is 21.0. The summed E-state index contributed by atoms with van der Waals surface area (Å²) in [5, 5.41) is 48.9. The molecule has 1 saturated heterocycles. The number of phenols is 2. The molecular weight excluding hydrogens is 632 g/mol. The van der Waals surface area contributed by atoms with Crippen molar-refractivity contribution in [3.63, 3.8) is 0 Å². The SMILES string of the molecule is CC(C)c1cc(C(=O)NCC2=C(C(=O)O)N3C(=O)C(NC(=O)C(=NOC(C)(C)C(=O)O)c4csc(N)n4)[C@@H]3SC2)cc(O)c1O. The molecule has 1 unspecified atom stereocenters. The van der Waals surface area contributed by atoms with Crippen LogP contribution in [0.25, 0.3) is 0 Å². The molecule has 1 aromatic carbocycles. The molecule has 1 fully saturated rings. The van der Waals surface area contributed by atoms with Gasteiger partial charge in [-0.3, -0.25) is 19.3 Å². The molecule has 240 valence electrons. The summed E-state index contributed by atoms with van der Waals surface area (Å²) in [6, 6.07) is 1.34. The molecule has 16 nitrogen and oxygen atoms in total. The Morgan fingerprint density at radius 1 is 1.22 bits per heavy atom. The minimum absolute atomic E-state index is 0.0253. The van der Waals surface area contributed by atoms with Gasteiger partial charge < -0.3 is 41.6 Å². The zero-order chi connectivity index (χ0) is 33.4. The van der Waals surface area contributed by atoms with Crippen LogP contribution in [0.3, 0.4) is 0 Å². The molecule has 2 atom stereocenters. The second-order valence-electron chi connectivity index (χ2n) is 10.8. The van der Waals surface area contributed by atoms with Gasteiger partial charge in [0.1, 0.15) is 22.8 Å². The van der Waals surface area contributed by atoms with Gasteiger partial charge in [-0.2, -0.15) is 0 Å². The summed E-state index contributed by atoms with van der Waals surface area (Å²) in [6.45, 7) is 5.73. The third-order valence-electron chi connectivity index (χ3n) is 6.86. The number of amides is 3. The Kier molecular flexibility index (Phi) is 9.29. The number of carboxylic acid groups (broad SMARTS) is 2. The molecule has 45 heavy (non-hydrogen) atoms. The van der Waals surface area contributed by atoms with Crippen molar-refractivity contribution in [2.75, 3.05) is 18.0 Å². The first-order valence-corrected chi connectivity index (χ1v) is 15.2. The number of aromatic nitrogens is 1. The topological polar surface area (TPSA) is 254 Å². The number of β-lactam (4-membered cyclic amide) rings is 1. The maximum absolute atomic E-state index is 13.2. The van der Waals surface area contributed by atoms with E-state index in [1.54, 1.807) is 13.8 Å². The molecular formula is C27H30N6O10S2. The summed E-state index contributed by atoms with van der Waals surface area (Å²) in [5.41, 5.74) is 3.68. The number of hydrogen-bond donors (Lipinski definition) is 7. The van der Waals surface area contributed by atoms with Crippen molar-refractivity contribution in [1.82, 2.24) is 20.5 Å². The fourth-order valence-electron chi connectivity index (χ4n) is 4.33. The molecule has 2 aliphatic heterocycles. The predicted octanol–water partition coefficient (Wildman–Crippen LogP) is 1.01. The quantitative estimate of drug-likeness (QED) is 0.0768. The zero-order valence-corrected chi connectivity index (χ0v) is 26.0. The van der Waals surface area contributed by atoms with Crippen molar-refractivity contribution in [2.45, 2.75) is 50.6 Å². The largest absolute Gasteiger partial charge is 0.504 e. The third kappa shape index (κ3) is 6.65. The summed E-state index contributed by atoms with van der Waals surface area (Å²) < 4.78 is 0. The molecule has 0 bridgehead atoms. The number of hydrogen-bond acceptors (Lipinski definition) is 13. The lowest BCUT2D eigenvalue weighted by Gasteiger charge is -2.49. The molecule has 0 saturated carbocycles. The fourth-order valence-corrected chi connectivity index (χ4v) is 6.22. The second kappa shape index (κ2) is 12.6. The number of nitrogen functional groups attached to an aromatic ring is 1. The number of aromatic hydroxyl groups is 2. The third-order valence-corrected chi connectivity index (χ3v) is 8.88. The molecule has 0 spiro atoms. The van der Waals surface area contributed by atoms with E-state index in [0.717, 1.165) is 34.1 Å². The lowest BCUT2D eigenvalue weighted by molar-refractivity contribution is -0.161. The first kappa shape index (κ1) is 33.1. The van der Waals surface area contributed by atoms with Gasteiger partial charge in [-0.05, 0) is 37.5 Å². The smallest absolute Gasteiger partial charge is 0.352 e. The van der Waals surface area contributed by atoms with Crippen LogP contribution in [0.4, 0.5) is 5.13 Å². The number of oxime groups is 1. The van der Waals surface area contributed by atoms with Gasteiger partial charge in [-0.1, -0.05) is 19.0 Å². The lowest BCUT2D eigenvalue weighted by Crippen LogP contribution is -2.71. The molecule has 0 aliphatic carbocycles. The zero-order valence-electron chi connectivity index (χ0n) is 24.4. The van der Waals surface area contributed by atoms with E-state index in [4.69, 9.17) is 10.6 Å². The number of benzene rings is 1. The van der Waals surface area contributed by atoms with Crippen LogP contribution in [-0.4, -0.2) is 95.0 Å². The number of nitrogens with two attached hydrogens (primary N) is 1. The monoisotopic (exact) mass is 662 g/mol. The number of fused-ring (bicyclic) bond motifs is 1. The van der Waals surface area contributed by atoms with Gasteiger partial charge in [0, 0.05) is 28.8 Å². The second-order valence-corrected chi connectivity index (χ2v) is 12.8. The number of carbonyl (C=O) groups excluding carboxylic acids is 3. The van der Waals surface area contributed by atoms with Crippen molar-refractivity contribution in [3.05, 3.63) is 45.6 Å². The first-order valence-electron chi connectivity index (χ1n) is 13.3. The minimum Gasteiger partial charge on any atom is -0.504 e. The number of carboxylic acids is 2. The number of anilines is 1. The average molecular weight is 663 g/mol. The van der Waals surface area contributed by atoms with E-state index in [2.05, 4.69) is 20.8 Å². The van der Waals surface area contributed by atoms with E-state index in [0.29, 0.717) is 5.56 Å². The van der Waals surface area contributed by atoms with Crippen molar-refractivity contribution in [2.24, 2.45) is 5.16 Å². The standard InChI is InChI=1S/C27H30N6O10S2/c1-10(2)13-5-11(6-15(34)19(13)35)20(36)29-7-12-8-44-23-17(22(38)33(23)18(12)24(39)40)31-21(37)16(14-9-45-26(28)30-14)32-43-27(3,4)25(41)42/h5-6,9-10,17,23,34-35H,7-8H2,1-4H3,(H2,28,30)(H,29,36)(H,31,37)(H,39,40)(H,41,42)/t17?,23-/m0/s1. The molecule has 4 rings (SSSR count). The maximum atomic E-state index is 13.2. The Balaban J connectivity index is 1.51. The lowest BCUT2D eigenvalue weighted by atomic mass is 9.98. The number of aliphatic carboxylic acids is 2. The molecule has 18 heteroatoms. The van der Waals surface area contributed by atoms with Crippen LogP contribution in [0, 0.1) is 0 Å². The Labute approximate surface area is 263 Å². The average Bonchev–Trinajstić information content (AvgIpc) is 3.40. The fraction of sp³-hybridized carbons (Fsp3) is 0.370. The van der Waals surface area contributed by atoms with Crippen molar-refractivity contribution in [1.29, 1.82) is 0 Å². The number of thiazole rings is 1. The van der Waals surface area contributed by atoms with Gasteiger partial charge in [-0.25, -0.2) is 14.6 Å². The number of thioether (sulfide) groups is 1. The van der Waals surface area contributed by atoms with Crippen LogP contribution in [0.5, 0.6) is 11.5 Å². The summed E-state index contributed by atoms with van der Waals surface area (Å²) in [4.78, 5) is 73.0. The molecule has 3 amide bonds. The number of carbonyl (C=O) groups is 5. The van der Waals surface area contributed by atoms with E-state index in [9.17, 15) is 44.4 Å². The summed E-state index contributed by atoms with van der Waals surface area (Å²) >= 11 is 2.14. The van der Waals surface area contributed by atoms with Gasteiger partial charge in [0.2, 0.25) is 5.60 Å². The van der Waals surface area contributed by atoms with E-state index < -0.39 is 58.1 Å². The predicted molar refractivity (Wildman–Crippen MR) is 162 cm³/mol.